The van der Waals surface area contributed by atoms with E-state index in [2.05, 4.69) is 0 Å². The maximum Gasteiger partial charge on any atom is 0.321 e. The van der Waals surface area contributed by atoms with E-state index in [4.69, 9.17) is 0 Å². The minimum absolute atomic E-state index is 0.179. The number of hydrogen-bond acceptors (Lipinski definition) is 4. The summed E-state index contributed by atoms with van der Waals surface area (Å²) in [4.78, 5) is 22.5. The monoisotopic (exact) mass is 239 g/mol. The molecule has 3 nitrogen and oxygen atoms in total. The van der Waals surface area contributed by atoms with Crippen molar-refractivity contribution in [1.82, 2.24) is 4.57 Å². The molecule has 15 heavy (non-hydrogen) atoms. The molecule has 78 valence electrons. The van der Waals surface area contributed by atoms with Crippen LogP contribution in [0.4, 0.5) is 0 Å². The molecule has 1 atom stereocenters. The Hall–Kier alpha value is -1.20. The van der Waals surface area contributed by atoms with Crippen LogP contribution in [0.5, 0.6) is 0 Å². The number of rotatable bonds is 2. The fraction of sp³-hybridized carbons (Fsp3) is 0.200. The van der Waals surface area contributed by atoms with Crippen molar-refractivity contribution in [2.45, 2.75) is 13.0 Å². The zero-order chi connectivity index (χ0) is 10.8. The third kappa shape index (κ3) is 1.93. The quantitative estimate of drug-likeness (QED) is 0.751. The highest BCUT2D eigenvalue weighted by Gasteiger charge is 2.13. The Morgan fingerprint density at radius 2 is 1.60 bits per heavy atom. The molecule has 5 heteroatoms. The van der Waals surface area contributed by atoms with Crippen molar-refractivity contribution in [2.24, 2.45) is 0 Å². The minimum Gasteiger partial charge on any atom is -0.256 e. The molecule has 0 saturated heterocycles. The SMILES string of the molecule is C[C@H](c1ccccc1)n1c(=O)ssc1=O. The van der Waals surface area contributed by atoms with Crippen LogP contribution in [0.1, 0.15) is 18.5 Å². The topological polar surface area (TPSA) is 39.1 Å². The maximum absolute atomic E-state index is 11.4. The summed E-state index contributed by atoms with van der Waals surface area (Å²) >= 11 is 0. The molecule has 0 unspecified atom stereocenters. The number of nitrogens with zero attached hydrogens (tertiary/aromatic N) is 1. The van der Waals surface area contributed by atoms with Crippen molar-refractivity contribution in [3.8, 4) is 0 Å². The number of aromatic nitrogens is 1. The van der Waals surface area contributed by atoms with Gasteiger partial charge >= 0.3 is 9.75 Å². The lowest BCUT2D eigenvalue weighted by Crippen LogP contribution is -2.27. The number of benzene rings is 1. The van der Waals surface area contributed by atoms with Crippen LogP contribution in [-0.4, -0.2) is 4.57 Å². The smallest absolute Gasteiger partial charge is 0.256 e. The molecule has 0 amide bonds. The van der Waals surface area contributed by atoms with Crippen molar-refractivity contribution >= 4 is 20.7 Å². The van der Waals surface area contributed by atoms with Crippen LogP contribution in [0.3, 0.4) is 0 Å². The van der Waals surface area contributed by atoms with Crippen LogP contribution in [0.2, 0.25) is 0 Å². The molecule has 0 bridgehead atoms. The summed E-state index contributed by atoms with van der Waals surface area (Å²) < 4.78 is 1.30. The molecular weight excluding hydrogens is 230 g/mol. The predicted molar refractivity (Wildman–Crippen MR) is 63.0 cm³/mol. The molecule has 0 radical (unpaired) electrons. The molecular formula is C10H9NO2S2. The van der Waals surface area contributed by atoms with Gasteiger partial charge in [-0.25, -0.2) is 4.57 Å². The first-order chi connectivity index (χ1) is 7.20. The Labute approximate surface area is 93.6 Å². The van der Waals surface area contributed by atoms with E-state index in [1.54, 1.807) is 0 Å². The lowest BCUT2D eigenvalue weighted by atomic mass is 10.1. The van der Waals surface area contributed by atoms with E-state index in [1.165, 1.54) is 4.57 Å². The summed E-state index contributed by atoms with van der Waals surface area (Å²) in [5.74, 6) is 0. The summed E-state index contributed by atoms with van der Waals surface area (Å²) in [5, 5.41) is 0. The Balaban J connectivity index is 2.50. The van der Waals surface area contributed by atoms with Crippen molar-refractivity contribution in [3.05, 3.63) is 55.2 Å². The molecule has 2 rings (SSSR count). The maximum atomic E-state index is 11.4. The van der Waals surface area contributed by atoms with Gasteiger partial charge in [-0.1, -0.05) is 30.3 Å². The number of hydrogen-bond donors (Lipinski definition) is 0. The Morgan fingerprint density at radius 1 is 1.07 bits per heavy atom. The zero-order valence-electron chi connectivity index (χ0n) is 8.04. The second-order valence-electron chi connectivity index (χ2n) is 3.16. The summed E-state index contributed by atoms with van der Waals surface area (Å²) in [5.41, 5.74) is 0.974. The van der Waals surface area contributed by atoms with E-state index in [1.807, 2.05) is 37.3 Å². The highest BCUT2D eigenvalue weighted by molar-refractivity contribution is 7.67. The average molecular weight is 239 g/mol. The Morgan fingerprint density at radius 3 is 2.13 bits per heavy atom. The van der Waals surface area contributed by atoms with Gasteiger partial charge in [0, 0.05) is 0 Å². The van der Waals surface area contributed by atoms with Crippen LogP contribution in [0.25, 0.3) is 0 Å². The highest BCUT2D eigenvalue weighted by Crippen LogP contribution is 2.14. The van der Waals surface area contributed by atoms with Crippen LogP contribution >= 0.6 is 20.7 Å². The van der Waals surface area contributed by atoms with E-state index in [0.29, 0.717) is 0 Å². The van der Waals surface area contributed by atoms with Gasteiger partial charge in [0.25, 0.3) is 0 Å². The summed E-state index contributed by atoms with van der Waals surface area (Å²) in [6.07, 6.45) is 0. The molecule has 0 N–H and O–H groups in total. The van der Waals surface area contributed by atoms with Gasteiger partial charge in [-0.15, -0.1) is 0 Å². The van der Waals surface area contributed by atoms with Gasteiger partial charge in [0.15, 0.2) is 0 Å². The molecule has 1 aromatic heterocycles. The van der Waals surface area contributed by atoms with Gasteiger partial charge in [0.05, 0.1) is 6.04 Å². The molecule has 1 aromatic carbocycles. The van der Waals surface area contributed by atoms with E-state index in [0.717, 1.165) is 26.2 Å². The van der Waals surface area contributed by atoms with Crippen LogP contribution in [0, 0.1) is 0 Å². The summed E-state index contributed by atoms with van der Waals surface area (Å²) in [6.45, 7) is 1.86. The predicted octanol–water partition coefficient (Wildman–Crippen LogP) is 1.94. The second kappa shape index (κ2) is 4.12. The first-order valence-electron chi connectivity index (χ1n) is 4.47. The van der Waals surface area contributed by atoms with E-state index < -0.39 is 0 Å². The van der Waals surface area contributed by atoms with E-state index >= 15 is 0 Å². The lowest BCUT2D eigenvalue weighted by Gasteiger charge is -2.10. The molecule has 0 aliphatic carbocycles. The van der Waals surface area contributed by atoms with Crippen molar-refractivity contribution in [1.29, 1.82) is 0 Å². The molecule has 0 aliphatic rings. The first kappa shape index (κ1) is 10.3. The van der Waals surface area contributed by atoms with Crippen LogP contribution < -0.4 is 9.75 Å². The fourth-order valence-corrected chi connectivity index (χ4v) is 3.18. The summed E-state index contributed by atoms with van der Waals surface area (Å²) in [6, 6.07) is 9.35. The molecule has 1 heterocycles. The average Bonchev–Trinajstić information content (AvgIpc) is 2.59. The second-order valence-corrected chi connectivity index (χ2v) is 5.19. The lowest BCUT2D eigenvalue weighted by molar-refractivity contribution is 0.616. The molecule has 0 spiro atoms. The van der Waals surface area contributed by atoms with Gasteiger partial charge in [0.2, 0.25) is 0 Å². The molecule has 2 aromatic rings. The Kier molecular flexibility index (Phi) is 2.83. The molecule has 0 aliphatic heterocycles. The summed E-state index contributed by atoms with van der Waals surface area (Å²) in [7, 11) is 1.98. The third-order valence-electron chi connectivity index (χ3n) is 2.25. The van der Waals surface area contributed by atoms with Crippen LogP contribution in [-0.2, 0) is 0 Å². The molecule has 0 saturated carbocycles. The van der Waals surface area contributed by atoms with Crippen molar-refractivity contribution < 1.29 is 0 Å². The normalized spacial score (nSPS) is 12.6. The fourth-order valence-electron chi connectivity index (χ4n) is 1.42. The van der Waals surface area contributed by atoms with Crippen molar-refractivity contribution in [2.75, 3.05) is 0 Å². The third-order valence-corrected chi connectivity index (χ3v) is 4.11. The largest absolute Gasteiger partial charge is 0.321 e. The van der Waals surface area contributed by atoms with Gasteiger partial charge in [0.1, 0.15) is 0 Å². The van der Waals surface area contributed by atoms with Crippen LogP contribution in [0.15, 0.2) is 39.9 Å². The van der Waals surface area contributed by atoms with Gasteiger partial charge < -0.3 is 0 Å². The van der Waals surface area contributed by atoms with E-state index in [-0.39, 0.29) is 15.8 Å². The zero-order valence-corrected chi connectivity index (χ0v) is 9.68. The van der Waals surface area contributed by atoms with Crippen molar-refractivity contribution in [3.63, 3.8) is 0 Å². The minimum atomic E-state index is -0.186. The van der Waals surface area contributed by atoms with Gasteiger partial charge in [-0.2, -0.15) is 0 Å². The van der Waals surface area contributed by atoms with Gasteiger partial charge in [-0.05, 0) is 33.2 Å². The highest BCUT2D eigenvalue weighted by atomic mass is 32.9. The molecule has 0 fully saturated rings. The van der Waals surface area contributed by atoms with Gasteiger partial charge in [-0.3, -0.25) is 9.59 Å². The first-order valence-corrected chi connectivity index (χ1v) is 6.62. The van der Waals surface area contributed by atoms with E-state index in [9.17, 15) is 9.59 Å². The standard InChI is InChI=1S/C10H9NO2S2/c1-7(8-5-3-2-4-6-8)11-9(12)14-15-10(11)13/h2-7H,1H3/t7-/m1/s1. The Bertz CT molecular complexity index is 525.